The molecule has 20 heavy (non-hydrogen) atoms. The van der Waals surface area contributed by atoms with Gasteiger partial charge in [0, 0.05) is 25.6 Å². The average Bonchev–Trinajstić information content (AvgIpc) is 2.79. The summed E-state index contributed by atoms with van der Waals surface area (Å²) in [5, 5.41) is 12.5. The van der Waals surface area contributed by atoms with E-state index in [0.717, 1.165) is 32.0 Å². The van der Waals surface area contributed by atoms with Gasteiger partial charge in [0.2, 0.25) is 0 Å². The molecule has 2 fully saturated rings. The van der Waals surface area contributed by atoms with Crippen LogP contribution in [0.2, 0.25) is 0 Å². The molecule has 4 rings (SSSR count). The molecule has 2 aromatic carbocycles. The third-order valence-corrected chi connectivity index (χ3v) is 5.26. The predicted octanol–water partition coefficient (Wildman–Crippen LogP) is 2.96. The number of aliphatic hydroxyl groups excluding tert-OH is 1. The number of likely N-dealkylation sites (tertiary alicyclic amines) is 1. The quantitative estimate of drug-likeness (QED) is 0.904. The smallest absolute Gasteiger partial charge is 0.0587 e. The standard InChI is InChI=1S/C18H21NO/c1-12-6-7-13-4-2-3-5-15(13)16(12)10-19-9-14-8-18(20)17(14)11-19/h2-7,14,17-18,20H,8-11H2,1H3/t14-,17+,18-/m1/s1. The first-order chi connectivity index (χ1) is 9.72. The summed E-state index contributed by atoms with van der Waals surface area (Å²) in [5.74, 6) is 1.27. The normalized spacial score (nSPS) is 29.4. The highest BCUT2D eigenvalue weighted by Gasteiger charge is 2.46. The van der Waals surface area contributed by atoms with Gasteiger partial charge < -0.3 is 5.11 Å². The van der Waals surface area contributed by atoms with E-state index in [1.807, 2.05) is 0 Å². The Balaban J connectivity index is 1.64. The van der Waals surface area contributed by atoms with Crippen LogP contribution in [0.5, 0.6) is 0 Å². The monoisotopic (exact) mass is 267 g/mol. The maximum atomic E-state index is 9.80. The van der Waals surface area contributed by atoms with E-state index < -0.39 is 0 Å². The molecule has 2 aliphatic rings. The SMILES string of the molecule is Cc1ccc2ccccc2c1CN1C[C@H]2C[C@@H](O)[C@H]2C1. The fraction of sp³-hybridized carbons (Fsp3) is 0.444. The first-order valence-corrected chi connectivity index (χ1v) is 7.60. The minimum Gasteiger partial charge on any atom is -0.393 e. The Morgan fingerprint density at radius 2 is 2.00 bits per heavy atom. The first kappa shape index (κ1) is 12.4. The molecular weight excluding hydrogens is 246 g/mol. The van der Waals surface area contributed by atoms with Crippen molar-refractivity contribution in [3.05, 3.63) is 47.5 Å². The fourth-order valence-electron chi connectivity index (χ4n) is 3.97. The van der Waals surface area contributed by atoms with Gasteiger partial charge in [-0.2, -0.15) is 0 Å². The lowest BCUT2D eigenvalue weighted by Crippen LogP contribution is -2.39. The van der Waals surface area contributed by atoms with Crippen molar-refractivity contribution in [2.75, 3.05) is 13.1 Å². The number of aryl methyl sites for hydroxylation is 1. The first-order valence-electron chi connectivity index (χ1n) is 7.60. The van der Waals surface area contributed by atoms with Gasteiger partial charge in [0.05, 0.1) is 6.10 Å². The van der Waals surface area contributed by atoms with Crippen LogP contribution < -0.4 is 0 Å². The van der Waals surface area contributed by atoms with Crippen molar-refractivity contribution in [3.63, 3.8) is 0 Å². The Labute approximate surface area is 120 Å². The van der Waals surface area contributed by atoms with Crippen LogP contribution in [0.25, 0.3) is 10.8 Å². The molecule has 2 aromatic rings. The number of benzene rings is 2. The van der Waals surface area contributed by atoms with Gasteiger partial charge in [-0.1, -0.05) is 36.4 Å². The highest BCUT2D eigenvalue weighted by Crippen LogP contribution is 2.41. The van der Waals surface area contributed by atoms with E-state index in [0.29, 0.717) is 5.92 Å². The van der Waals surface area contributed by atoms with E-state index in [2.05, 4.69) is 48.2 Å². The van der Waals surface area contributed by atoms with Crippen molar-refractivity contribution in [1.29, 1.82) is 0 Å². The molecule has 1 aliphatic heterocycles. The Bertz CT molecular complexity index is 651. The second-order valence-corrected chi connectivity index (χ2v) is 6.50. The van der Waals surface area contributed by atoms with Crippen molar-refractivity contribution < 1.29 is 5.11 Å². The van der Waals surface area contributed by atoms with Crippen molar-refractivity contribution in [2.45, 2.75) is 26.0 Å². The van der Waals surface area contributed by atoms with Crippen LogP contribution in [-0.4, -0.2) is 29.2 Å². The molecule has 0 aromatic heterocycles. The van der Waals surface area contributed by atoms with Crippen molar-refractivity contribution in [1.82, 2.24) is 4.90 Å². The third kappa shape index (κ3) is 1.87. The molecule has 0 amide bonds. The second-order valence-electron chi connectivity index (χ2n) is 6.50. The van der Waals surface area contributed by atoms with Crippen LogP contribution in [0.1, 0.15) is 17.5 Å². The molecule has 0 spiro atoms. The van der Waals surface area contributed by atoms with Gasteiger partial charge in [-0.3, -0.25) is 4.90 Å². The summed E-state index contributed by atoms with van der Waals surface area (Å²) >= 11 is 0. The van der Waals surface area contributed by atoms with E-state index in [1.165, 1.54) is 21.9 Å². The summed E-state index contributed by atoms with van der Waals surface area (Å²) in [6.07, 6.45) is 0.967. The molecular formula is C18H21NO. The topological polar surface area (TPSA) is 23.5 Å². The van der Waals surface area contributed by atoms with Crippen molar-refractivity contribution in [3.8, 4) is 0 Å². The van der Waals surface area contributed by atoms with Gasteiger partial charge in [0.15, 0.2) is 0 Å². The average molecular weight is 267 g/mol. The van der Waals surface area contributed by atoms with Crippen LogP contribution in [0, 0.1) is 18.8 Å². The van der Waals surface area contributed by atoms with E-state index >= 15 is 0 Å². The van der Waals surface area contributed by atoms with Crippen LogP contribution in [0.15, 0.2) is 36.4 Å². The number of nitrogens with zero attached hydrogens (tertiary/aromatic N) is 1. The summed E-state index contributed by atoms with van der Waals surface area (Å²) in [4.78, 5) is 2.53. The van der Waals surface area contributed by atoms with E-state index in [9.17, 15) is 5.11 Å². The number of hydrogen-bond acceptors (Lipinski definition) is 2. The van der Waals surface area contributed by atoms with Crippen LogP contribution in [0.4, 0.5) is 0 Å². The predicted molar refractivity (Wildman–Crippen MR) is 81.6 cm³/mol. The summed E-state index contributed by atoms with van der Waals surface area (Å²) in [5.41, 5.74) is 2.84. The van der Waals surface area contributed by atoms with Gasteiger partial charge in [-0.15, -0.1) is 0 Å². The van der Waals surface area contributed by atoms with Gasteiger partial charge in [0.1, 0.15) is 0 Å². The second kappa shape index (κ2) is 4.57. The maximum absolute atomic E-state index is 9.80. The summed E-state index contributed by atoms with van der Waals surface area (Å²) in [6.45, 7) is 5.45. The molecule has 1 heterocycles. The molecule has 1 N–H and O–H groups in total. The molecule has 0 unspecified atom stereocenters. The molecule has 3 atom stereocenters. The summed E-state index contributed by atoms with van der Waals surface area (Å²) in [7, 11) is 0. The number of fused-ring (bicyclic) bond motifs is 2. The van der Waals surface area contributed by atoms with Crippen molar-refractivity contribution in [2.24, 2.45) is 11.8 Å². The zero-order chi connectivity index (χ0) is 13.7. The van der Waals surface area contributed by atoms with Crippen molar-refractivity contribution >= 4 is 10.8 Å². The highest BCUT2D eigenvalue weighted by atomic mass is 16.3. The maximum Gasteiger partial charge on any atom is 0.0587 e. The van der Waals surface area contributed by atoms with Gasteiger partial charge >= 0.3 is 0 Å². The Morgan fingerprint density at radius 1 is 1.15 bits per heavy atom. The van der Waals surface area contributed by atoms with E-state index in [1.54, 1.807) is 0 Å². The third-order valence-electron chi connectivity index (χ3n) is 5.26. The number of rotatable bonds is 2. The van der Waals surface area contributed by atoms with E-state index in [-0.39, 0.29) is 6.10 Å². The number of hydrogen-bond donors (Lipinski definition) is 1. The van der Waals surface area contributed by atoms with Crippen LogP contribution in [-0.2, 0) is 6.54 Å². The molecule has 2 heteroatoms. The van der Waals surface area contributed by atoms with Gasteiger partial charge in [-0.05, 0) is 41.2 Å². The molecule has 104 valence electrons. The minimum atomic E-state index is -0.0429. The van der Waals surface area contributed by atoms with Gasteiger partial charge in [0.25, 0.3) is 0 Å². The summed E-state index contributed by atoms with van der Waals surface area (Å²) in [6, 6.07) is 13.1. The van der Waals surface area contributed by atoms with Gasteiger partial charge in [-0.25, -0.2) is 0 Å². The van der Waals surface area contributed by atoms with Crippen LogP contribution >= 0.6 is 0 Å². The fourth-order valence-corrected chi connectivity index (χ4v) is 3.97. The molecule has 1 saturated heterocycles. The zero-order valence-electron chi connectivity index (χ0n) is 11.9. The number of aliphatic hydroxyl groups is 1. The Morgan fingerprint density at radius 3 is 2.80 bits per heavy atom. The lowest BCUT2D eigenvalue weighted by molar-refractivity contribution is -0.00435. The molecule has 1 saturated carbocycles. The Hall–Kier alpha value is -1.38. The largest absolute Gasteiger partial charge is 0.393 e. The lowest BCUT2D eigenvalue weighted by atomic mass is 9.74. The Kier molecular flexibility index (Phi) is 2.83. The molecule has 0 radical (unpaired) electrons. The lowest BCUT2D eigenvalue weighted by Gasteiger charge is -2.35. The minimum absolute atomic E-state index is 0.0429. The summed E-state index contributed by atoms with van der Waals surface area (Å²) < 4.78 is 0. The molecule has 1 aliphatic carbocycles. The van der Waals surface area contributed by atoms with E-state index in [4.69, 9.17) is 0 Å². The highest BCUT2D eigenvalue weighted by molar-refractivity contribution is 5.86. The molecule has 2 nitrogen and oxygen atoms in total. The molecule has 0 bridgehead atoms. The zero-order valence-corrected chi connectivity index (χ0v) is 11.9. The van der Waals surface area contributed by atoms with Crippen LogP contribution in [0.3, 0.4) is 0 Å².